The minimum absolute atomic E-state index is 0.0378. The summed E-state index contributed by atoms with van der Waals surface area (Å²) in [4.78, 5) is 31.2. The third kappa shape index (κ3) is 14.3. The average Bonchev–Trinajstić information content (AvgIpc) is 2.63. The Labute approximate surface area is 160 Å². The second-order valence-corrected chi connectivity index (χ2v) is 6.00. The molecule has 149 valence electrons. The lowest BCUT2D eigenvalue weighted by atomic mass is 10.1. The van der Waals surface area contributed by atoms with E-state index in [-0.39, 0.29) is 30.7 Å². The van der Waals surface area contributed by atoms with Crippen LogP contribution in [0.3, 0.4) is 0 Å². The number of hydrogen-bond acceptors (Lipinski definition) is 5. The Morgan fingerprint density at radius 2 is 1.41 bits per heavy atom. The Morgan fingerprint density at radius 3 is 1.93 bits per heavy atom. The Bertz CT molecular complexity index is 577. The van der Waals surface area contributed by atoms with Crippen molar-refractivity contribution in [2.75, 3.05) is 0 Å². The molecule has 0 saturated carbocycles. The molecule has 0 heterocycles. The molecule has 0 unspecified atom stereocenters. The molecule has 0 amide bonds. The largest absolute Gasteiger partial charge is 0.291 e. The number of carbonyl (C=O) groups excluding carboxylic acids is 1. The molecule has 0 aromatic heterocycles. The van der Waals surface area contributed by atoms with Crippen molar-refractivity contribution in [1.29, 1.82) is 0 Å². The predicted molar refractivity (Wildman–Crippen MR) is 106 cm³/mol. The Morgan fingerprint density at radius 1 is 0.852 bits per heavy atom. The summed E-state index contributed by atoms with van der Waals surface area (Å²) >= 11 is 0. The van der Waals surface area contributed by atoms with Crippen molar-refractivity contribution in [2.45, 2.75) is 71.1 Å². The van der Waals surface area contributed by atoms with Gasteiger partial charge in [0, 0.05) is 6.42 Å². The third-order valence-corrected chi connectivity index (χ3v) is 3.80. The van der Waals surface area contributed by atoms with Gasteiger partial charge >= 0.3 is 0 Å². The Hall–Kier alpha value is -2.57. The molecule has 0 aromatic rings. The highest BCUT2D eigenvalue weighted by molar-refractivity contribution is 5.50. The lowest BCUT2D eigenvalue weighted by Crippen LogP contribution is -1.99. The van der Waals surface area contributed by atoms with Crippen LogP contribution >= 0.6 is 0 Å². The number of hydrogen-bond donors (Lipinski definition) is 0. The van der Waals surface area contributed by atoms with E-state index in [9.17, 15) is 25.0 Å². The Balaban J connectivity index is 4.44. The van der Waals surface area contributed by atoms with Gasteiger partial charge in [0.25, 0.3) is 0 Å². The van der Waals surface area contributed by atoms with E-state index in [4.69, 9.17) is 0 Å². The van der Waals surface area contributed by atoms with Crippen molar-refractivity contribution in [1.82, 2.24) is 0 Å². The molecular formula is C20H29N2O5. The summed E-state index contributed by atoms with van der Waals surface area (Å²) in [6.07, 6.45) is 18.5. The molecule has 0 spiro atoms. The zero-order valence-corrected chi connectivity index (χ0v) is 16.0. The molecule has 0 N–H and O–H groups in total. The number of allylic oxidation sites excluding steroid dienone is 6. The highest BCUT2D eigenvalue weighted by Crippen LogP contribution is 2.11. The smallest absolute Gasteiger partial charge is 0.246 e. The first-order valence-electron chi connectivity index (χ1n) is 9.34. The fraction of sp³-hybridized carbons (Fsp3) is 0.550. The maximum absolute atomic E-state index is 11.1. The molecule has 0 atom stereocenters. The normalized spacial score (nSPS) is 12.8. The van der Waals surface area contributed by atoms with Crippen LogP contribution in [0.2, 0.25) is 0 Å². The topological polar surface area (TPSA) is 103 Å². The first-order chi connectivity index (χ1) is 13.0. The molecule has 1 radical (unpaired) electrons. The van der Waals surface area contributed by atoms with Crippen molar-refractivity contribution in [2.24, 2.45) is 0 Å². The summed E-state index contributed by atoms with van der Waals surface area (Å²) in [5, 5.41) is 22.1. The van der Waals surface area contributed by atoms with E-state index in [1.165, 1.54) is 12.2 Å². The van der Waals surface area contributed by atoms with Gasteiger partial charge in [0.1, 0.15) is 0 Å². The van der Waals surface area contributed by atoms with Crippen LogP contribution in [0.5, 0.6) is 0 Å². The lowest BCUT2D eigenvalue weighted by Gasteiger charge is -1.97. The number of nitro groups is 2. The van der Waals surface area contributed by atoms with Gasteiger partial charge in [0.15, 0.2) is 6.29 Å². The van der Waals surface area contributed by atoms with Crippen molar-refractivity contribution >= 4 is 6.29 Å². The fourth-order valence-corrected chi connectivity index (χ4v) is 2.30. The van der Waals surface area contributed by atoms with Crippen LogP contribution < -0.4 is 0 Å². The molecule has 7 nitrogen and oxygen atoms in total. The molecule has 0 aromatic carbocycles. The van der Waals surface area contributed by atoms with Gasteiger partial charge in [0.2, 0.25) is 11.4 Å². The standard InChI is InChI=1S/C20H29N2O5/c1-2-3-10-14-19(21(24)25)16-13-17-20(22(26)27)15-11-8-6-4-5-7-9-12-18-23/h3,8,10-11,16-17H,2,4-7,9,12-15H2,1H3/b10-3+,11-8+,19-16-,20-17-. The molecule has 0 rings (SSSR count). The van der Waals surface area contributed by atoms with Gasteiger partial charge in [-0.2, -0.15) is 0 Å². The van der Waals surface area contributed by atoms with Crippen LogP contribution in [0, 0.1) is 20.2 Å². The van der Waals surface area contributed by atoms with Gasteiger partial charge < -0.3 is 0 Å². The summed E-state index contributed by atoms with van der Waals surface area (Å²) in [7, 11) is 0. The van der Waals surface area contributed by atoms with Gasteiger partial charge in [-0.15, -0.1) is 0 Å². The summed E-state index contributed by atoms with van der Waals surface area (Å²) < 4.78 is 0. The molecule has 0 aliphatic carbocycles. The van der Waals surface area contributed by atoms with Crippen molar-refractivity contribution in [3.8, 4) is 0 Å². The quantitative estimate of drug-likeness (QED) is 0.154. The Kier molecular flexibility index (Phi) is 15.3. The SMILES string of the molecule is CC/C=C/C/C(=C/C/C=C(/C/C=C/CCCCCC[C]=O)[N+](=O)[O-])[N+](=O)[O-]. The summed E-state index contributed by atoms with van der Waals surface area (Å²) in [6, 6.07) is 0. The van der Waals surface area contributed by atoms with Crippen molar-refractivity contribution in [3.05, 3.63) is 68.1 Å². The molecule has 0 aliphatic heterocycles. The zero-order valence-electron chi connectivity index (χ0n) is 16.0. The molecule has 27 heavy (non-hydrogen) atoms. The molecule has 0 bridgehead atoms. The van der Waals surface area contributed by atoms with Gasteiger partial charge in [-0.05, 0) is 44.3 Å². The second-order valence-electron chi connectivity index (χ2n) is 6.00. The van der Waals surface area contributed by atoms with Gasteiger partial charge in [-0.25, -0.2) is 0 Å². The van der Waals surface area contributed by atoms with Crippen LogP contribution in [-0.4, -0.2) is 16.1 Å². The summed E-state index contributed by atoms with van der Waals surface area (Å²) in [6.45, 7) is 1.94. The molecule has 0 saturated heterocycles. The third-order valence-electron chi connectivity index (χ3n) is 3.80. The maximum atomic E-state index is 11.1. The first-order valence-corrected chi connectivity index (χ1v) is 9.34. The van der Waals surface area contributed by atoms with E-state index < -0.39 is 9.85 Å². The van der Waals surface area contributed by atoms with Crippen LogP contribution in [0.25, 0.3) is 0 Å². The summed E-state index contributed by atoms with van der Waals surface area (Å²) in [5.74, 6) is 0. The van der Waals surface area contributed by atoms with Crippen molar-refractivity contribution in [3.63, 3.8) is 0 Å². The average molecular weight is 377 g/mol. The van der Waals surface area contributed by atoms with E-state index >= 15 is 0 Å². The minimum Gasteiger partial charge on any atom is -0.291 e. The van der Waals surface area contributed by atoms with E-state index in [2.05, 4.69) is 0 Å². The predicted octanol–water partition coefficient (Wildman–Crippen LogP) is 5.45. The maximum Gasteiger partial charge on any atom is 0.246 e. The minimum atomic E-state index is -0.452. The number of unbranched alkanes of at least 4 members (excludes halogenated alkanes) is 5. The highest BCUT2D eigenvalue weighted by atomic mass is 16.6. The second kappa shape index (κ2) is 16.9. The zero-order chi connectivity index (χ0) is 20.3. The van der Waals surface area contributed by atoms with Crippen LogP contribution in [0.15, 0.2) is 47.9 Å². The van der Waals surface area contributed by atoms with E-state index in [1.807, 2.05) is 25.4 Å². The molecule has 0 aliphatic rings. The van der Waals surface area contributed by atoms with Crippen LogP contribution in [0.4, 0.5) is 0 Å². The molecule has 7 heteroatoms. The van der Waals surface area contributed by atoms with Gasteiger partial charge in [0.05, 0.1) is 22.7 Å². The monoisotopic (exact) mass is 377 g/mol. The van der Waals surface area contributed by atoms with E-state index in [1.54, 1.807) is 12.2 Å². The van der Waals surface area contributed by atoms with Gasteiger partial charge in [-0.1, -0.05) is 44.1 Å². The van der Waals surface area contributed by atoms with Gasteiger partial charge in [-0.3, -0.25) is 25.0 Å². The van der Waals surface area contributed by atoms with E-state index in [0.29, 0.717) is 6.42 Å². The lowest BCUT2D eigenvalue weighted by molar-refractivity contribution is -0.427. The summed E-state index contributed by atoms with van der Waals surface area (Å²) in [5.41, 5.74) is 0.0807. The van der Waals surface area contributed by atoms with Crippen LogP contribution in [0.1, 0.15) is 71.1 Å². The highest BCUT2D eigenvalue weighted by Gasteiger charge is 2.10. The number of rotatable bonds is 16. The molecule has 0 fully saturated rings. The van der Waals surface area contributed by atoms with Crippen LogP contribution in [-0.2, 0) is 4.79 Å². The fourth-order valence-electron chi connectivity index (χ4n) is 2.30. The van der Waals surface area contributed by atoms with Crippen molar-refractivity contribution < 1.29 is 14.6 Å². The number of nitrogens with zero attached hydrogens (tertiary/aromatic N) is 2. The molecular weight excluding hydrogens is 348 g/mol. The first kappa shape index (κ1) is 24.4. The van der Waals surface area contributed by atoms with E-state index in [0.717, 1.165) is 38.5 Å².